The molecule has 0 bridgehead atoms. The molecule has 2 aromatic heterocycles. The Bertz CT molecular complexity index is 843. The number of hydrogen-bond donors (Lipinski definition) is 4. The zero-order valence-corrected chi connectivity index (χ0v) is 18.3. The standard InChI is InChI=1S/C20H28N6O3.CH2O2/c1-3-6-29-18-5-4-14(7-16(18)26-20(28)17-11-21-12-25-17)19(27)24-10-15-9-22-13(2)8-23-15;2-1-3/h8-9,11-12,14,16,18H,3-7,10H2,1-2H3,(H,21,25)(H,24,27)(H,26,28);1H,(H,2,3)/t14-,16+,18+;/m0./s1. The van der Waals surface area contributed by atoms with Crippen LogP contribution in [0.5, 0.6) is 0 Å². The average molecular weight is 447 g/mol. The Morgan fingerprint density at radius 3 is 2.69 bits per heavy atom. The molecule has 32 heavy (non-hydrogen) atoms. The van der Waals surface area contributed by atoms with E-state index in [4.69, 9.17) is 14.6 Å². The molecule has 0 saturated heterocycles. The number of amides is 2. The lowest BCUT2D eigenvalue weighted by atomic mass is 9.83. The number of rotatable bonds is 8. The van der Waals surface area contributed by atoms with Gasteiger partial charge in [0.15, 0.2) is 0 Å². The number of H-pyrrole nitrogens is 1. The maximum atomic E-state index is 12.7. The molecule has 0 aromatic carbocycles. The zero-order valence-electron chi connectivity index (χ0n) is 18.3. The largest absolute Gasteiger partial charge is 0.483 e. The molecular formula is C21H30N6O5. The van der Waals surface area contributed by atoms with E-state index in [-0.39, 0.29) is 36.4 Å². The van der Waals surface area contributed by atoms with Crippen LogP contribution in [0.4, 0.5) is 0 Å². The highest BCUT2D eigenvalue weighted by Crippen LogP contribution is 2.27. The quantitative estimate of drug-likeness (QED) is 0.440. The molecule has 174 valence electrons. The number of carboxylic acid groups (broad SMARTS) is 1. The summed E-state index contributed by atoms with van der Waals surface area (Å²) in [5.74, 6) is -0.474. The molecule has 0 unspecified atom stereocenters. The Morgan fingerprint density at radius 1 is 1.28 bits per heavy atom. The molecule has 1 aliphatic rings. The highest BCUT2D eigenvalue weighted by atomic mass is 16.5. The summed E-state index contributed by atoms with van der Waals surface area (Å²) in [4.78, 5) is 48.6. The lowest BCUT2D eigenvalue weighted by molar-refractivity contribution is -0.128. The zero-order chi connectivity index (χ0) is 23.3. The second-order valence-corrected chi connectivity index (χ2v) is 7.44. The fraction of sp³-hybridized carbons (Fsp3) is 0.524. The molecule has 2 heterocycles. The molecule has 3 atom stereocenters. The van der Waals surface area contributed by atoms with Crippen molar-refractivity contribution in [1.29, 1.82) is 0 Å². The van der Waals surface area contributed by atoms with Gasteiger partial charge in [-0.25, -0.2) is 4.98 Å². The van der Waals surface area contributed by atoms with Gasteiger partial charge >= 0.3 is 0 Å². The number of aromatic nitrogens is 4. The number of nitrogens with one attached hydrogen (secondary N) is 3. The van der Waals surface area contributed by atoms with E-state index < -0.39 is 0 Å². The molecule has 4 N–H and O–H groups in total. The van der Waals surface area contributed by atoms with Crippen LogP contribution in [0.3, 0.4) is 0 Å². The van der Waals surface area contributed by atoms with E-state index in [0.29, 0.717) is 31.0 Å². The van der Waals surface area contributed by atoms with Gasteiger partial charge in [-0.2, -0.15) is 0 Å². The lowest BCUT2D eigenvalue weighted by Crippen LogP contribution is -2.50. The van der Waals surface area contributed by atoms with E-state index in [2.05, 4.69) is 30.6 Å². The van der Waals surface area contributed by atoms with Crippen molar-refractivity contribution in [2.75, 3.05) is 6.61 Å². The van der Waals surface area contributed by atoms with Crippen LogP contribution in [0.2, 0.25) is 0 Å². The third kappa shape index (κ3) is 7.73. The van der Waals surface area contributed by atoms with Crippen LogP contribution in [-0.4, -0.2) is 62.1 Å². The van der Waals surface area contributed by atoms with Crippen molar-refractivity contribution in [3.05, 3.63) is 42.0 Å². The van der Waals surface area contributed by atoms with Crippen molar-refractivity contribution in [2.24, 2.45) is 5.92 Å². The van der Waals surface area contributed by atoms with Gasteiger partial charge in [0, 0.05) is 18.7 Å². The van der Waals surface area contributed by atoms with E-state index in [0.717, 1.165) is 25.0 Å². The first kappa shape index (κ1) is 24.9. The fourth-order valence-corrected chi connectivity index (χ4v) is 3.46. The summed E-state index contributed by atoms with van der Waals surface area (Å²) in [5.41, 5.74) is 1.94. The molecule has 2 amide bonds. The summed E-state index contributed by atoms with van der Waals surface area (Å²) in [5, 5.41) is 12.8. The maximum absolute atomic E-state index is 12.7. The second kappa shape index (κ2) is 13.2. The van der Waals surface area contributed by atoms with Gasteiger partial charge in [0.05, 0.1) is 48.8 Å². The molecule has 1 aliphatic carbocycles. The van der Waals surface area contributed by atoms with E-state index in [1.807, 2.05) is 13.8 Å². The Kier molecular flexibility index (Phi) is 10.2. The Hall–Kier alpha value is -3.34. The van der Waals surface area contributed by atoms with Gasteiger partial charge in [0.1, 0.15) is 5.69 Å². The van der Waals surface area contributed by atoms with Crippen molar-refractivity contribution in [3.8, 4) is 0 Å². The number of aryl methyl sites for hydroxylation is 1. The van der Waals surface area contributed by atoms with Crippen LogP contribution in [0.1, 0.15) is 54.5 Å². The summed E-state index contributed by atoms with van der Waals surface area (Å²) in [6, 6.07) is -0.235. The fourth-order valence-electron chi connectivity index (χ4n) is 3.46. The summed E-state index contributed by atoms with van der Waals surface area (Å²) >= 11 is 0. The molecule has 3 rings (SSSR count). The van der Waals surface area contributed by atoms with Crippen LogP contribution >= 0.6 is 0 Å². The summed E-state index contributed by atoms with van der Waals surface area (Å²) in [6.45, 7) is 4.63. The van der Waals surface area contributed by atoms with Crippen LogP contribution in [-0.2, 0) is 20.9 Å². The first-order valence-corrected chi connectivity index (χ1v) is 10.5. The van der Waals surface area contributed by atoms with Crippen molar-refractivity contribution in [3.63, 3.8) is 0 Å². The summed E-state index contributed by atoms with van der Waals surface area (Å²) < 4.78 is 5.94. The highest BCUT2D eigenvalue weighted by Gasteiger charge is 2.35. The number of carbonyl (C=O) groups is 3. The number of aromatic amines is 1. The number of imidazole rings is 1. The number of carbonyl (C=O) groups excluding carboxylic acids is 2. The molecule has 2 aromatic rings. The van der Waals surface area contributed by atoms with Gasteiger partial charge in [-0.15, -0.1) is 0 Å². The van der Waals surface area contributed by atoms with Gasteiger partial charge in [0.25, 0.3) is 12.4 Å². The van der Waals surface area contributed by atoms with Crippen LogP contribution in [0, 0.1) is 12.8 Å². The van der Waals surface area contributed by atoms with Crippen molar-refractivity contribution in [2.45, 2.75) is 58.2 Å². The minimum absolute atomic E-state index is 0.0397. The molecule has 1 fully saturated rings. The average Bonchev–Trinajstić information content (AvgIpc) is 3.33. The van der Waals surface area contributed by atoms with Gasteiger partial charge in [-0.1, -0.05) is 6.92 Å². The number of hydrogen-bond acceptors (Lipinski definition) is 7. The van der Waals surface area contributed by atoms with Gasteiger partial charge < -0.3 is 25.5 Å². The molecule has 0 aliphatic heterocycles. The van der Waals surface area contributed by atoms with E-state index in [1.54, 1.807) is 12.4 Å². The van der Waals surface area contributed by atoms with Crippen LogP contribution in [0.25, 0.3) is 0 Å². The van der Waals surface area contributed by atoms with Crippen molar-refractivity contribution >= 4 is 18.3 Å². The second-order valence-electron chi connectivity index (χ2n) is 7.44. The predicted molar refractivity (Wildman–Crippen MR) is 115 cm³/mol. The molecular weight excluding hydrogens is 416 g/mol. The monoisotopic (exact) mass is 446 g/mol. The lowest BCUT2D eigenvalue weighted by Gasteiger charge is -2.35. The summed E-state index contributed by atoms with van der Waals surface area (Å²) in [7, 11) is 0. The van der Waals surface area contributed by atoms with E-state index in [9.17, 15) is 9.59 Å². The molecule has 0 spiro atoms. The first-order valence-electron chi connectivity index (χ1n) is 10.5. The molecule has 0 radical (unpaired) electrons. The van der Waals surface area contributed by atoms with E-state index >= 15 is 0 Å². The van der Waals surface area contributed by atoms with Gasteiger partial charge in [-0.05, 0) is 32.6 Å². The van der Waals surface area contributed by atoms with E-state index in [1.165, 1.54) is 12.5 Å². The molecule has 11 nitrogen and oxygen atoms in total. The molecule has 1 saturated carbocycles. The molecule has 11 heteroatoms. The SMILES string of the molecule is CCCO[C@@H]1CC[C@H](C(=O)NCc2cnc(C)cn2)C[C@H]1NC(=O)c1cnc[nH]1.O=CO. The van der Waals surface area contributed by atoms with Crippen molar-refractivity contribution in [1.82, 2.24) is 30.6 Å². The normalized spacial score (nSPS) is 19.9. The highest BCUT2D eigenvalue weighted by molar-refractivity contribution is 5.92. The Labute approximate surface area is 186 Å². The predicted octanol–water partition coefficient (Wildman–Crippen LogP) is 1.22. The first-order chi connectivity index (χ1) is 15.5. The maximum Gasteiger partial charge on any atom is 0.290 e. The minimum atomic E-state index is -0.250. The smallest absolute Gasteiger partial charge is 0.290 e. The van der Waals surface area contributed by atoms with Crippen LogP contribution in [0.15, 0.2) is 24.9 Å². The minimum Gasteiger partial charge on any atom is -0.483 e. The third-order valence-electron chi connectivity index (χ3n) is 5.03. The third-order valence-corrected chi connectivity index (χ3v) is 5.03. The topological polar surface area (TPSA) is 159 Å². The number of nitrogens with zero attached hydrogens (tertiary/aromatic N) is 3. The summed E-state index contributed by atoms with van der Waals surface area (Å²) in [6.07, 6.45) is 9.05. The van der Waals surface area contributed by atoms with Crippen LogP contribution < -0.4 is 10.6 Å². The van der Waals surface area contributed by atoms with Crippen molar-refractivity contribution < 1.29 is 24.2 Å². The Morgan fingerprint density at radius 2 is 2.06 bits per heavy atom. The van der Waals surface area contributed by atoms with Gasteiger partial charge in [0.2, 0.25) is 5.91 Å². The number of ether oxygens (including phenoxy) is 1. The Balaban J connectivity index is 0.00000114. The van der Waals surface area contributed by atoms with Gasteiger partial charge in [-0.3, -0.25) is 24.4 Å².